The molecule has 92 valence electrons. The smallest absolute Gasteiger partial charge is 0.296 e. The fourth-order valence-corrected chi connectivity index (χ4v) is 1.89. The zero-order valence-electron chi connectivity index (χ0n) is 9.42. The molecular formula is C11H14N2O4. The van der Waals surface area contributed by atoms with Crippen LogP contribution in [-0.4, -0.2) is 29.3 Å². The van der Waals surface area contributed by atoms with Gasteiger partial charge in [0, 0.05) is 13.2 Å². The van der Waals surface area contributed by atoms with Gasteiger partial charge in [0.05, 0.1) is 17.1 Å². The molecule has 0 heterocycles. The normalized spacial score (nSPS) is 22.9. The Kier molecular flexibility index (Phi) is 3.14. The third-order valence-electron chi connectivity index (χ3n) is 2.97. The van der Waals surface area contributed by atoms with E-state index in [0.717, 1.165) is 18.9 Å². The molecule has 1 aliphatic rings. The van der Waals surface area contributed by atoms with Crippen molar-refractivity contribution in [3.05, 3.63) is 28.3 Å². The van der Waals surface area contributed by atoms with Gasteiger partial charge < -0.3 is 15.2 Å². The Morgan fingerprint density at radius 1 is 1.53 bits per heavy atom. The molecule has 1 aromatic carbocycles. The first kappa shape index (κ1) is 11.7. The molecule has 2 N–H and O–H groups in total. The van der Waals surface area contributed by atoms with Crippen molar-refractivity contribution in [3.63, 3.8) is 0 Å². The van der Waals surface area contributed by atoms with Gasteiger partial charge in [-0.1, -0.05) is 0 Å². The first-order valence-corrected chi connectivity index (χ1v) is 5.37. The summed E-state index contributed by atoms with van der Waals surface area (Å²) in [5.74, 6) is -0.106. The second kappa shape index (κ2) is 4.58. The van der Waals surface area contributed by atoms with Crippen LogP contribution < -0.4 is 5.32 Å². The van der Waals surface area contributed by atoms with Crippen LogP contribution in [0.15, 0.2) is 18.2 Å². The first-order valence-electron chi connectivity index (χ1n) is 5.37. The van der Waals surface area contributed by atoms with Crippen molar-refractivity contribution in [2.45, 2.75) is 25.0 Å². The van der Waals surface area contributed by atoms with Crippen LogP contribution in [0.2, 0.25) is 0 Å². The fourth-order valence-electron chi connectivity index (χ4n) is 1.89. The van der Waals surface area contributed by atoms with Crippen LogP contribution >= 0.6 is 0 Å². The van der Waals surface area contributed by atoms with Gasteiger partial charge in [0.25, 0.3) is 5.69 Å². The van der Waals surface area contributed by atoms with Gasteiger partial charge in [-0.2, -0.15) is 0 Å². The van der Waals surface area contributed by atoms with Gasteiger partial charge >= 0.3 is 0 Å². The highest BCUT2D eigenvalue weighted by Crippen LogP contribution is 2.32. The second-order valence-electron chi connectivity index (χ2n) is 4.13. The molecule has 0 spiro atoms. The van der Waals surface area contributed by atoms with E-state index >= 15 is 0 Å². The Bertz CT molecular complexity index is 429. The molecule has 1 fully saturated rings. The van der Waals surface area contributed by atoms with E-state index in [1.54, 1.807) is 7.11 Å². The Morgan fingerprint density at radius 3 is 2.82 bits per heavy atom. The summed E-state index contributed by atoms with van der Waals surface area (Å²) in [5, 5.41) is 23.1. The number of nitro groups is 1. The SMILES string of the molecule is COC1CC(Nc2ccc(O)cc2[N+](=O)[O-])C1. The zero-order chi connectivity index (χ0) is 12.4. The molecule has 0 radical (unpaired) electrons. The summed E-state index contributed by atoms with van der Waals surface area (Å²) < 4.78 is 5.14. The van der Waals surface area contributed by atoms with Crippen molar-refractivity contribution in [1.29, 1.82) is 0 Å². The topological polar surface area (TPSA) is 84.6 Å². The molecule has 0 unspecified atom stereocenters. The van der Waals surface area contributed by atoms with Crippen molar-refractivity contribution in [2.75, 3.05) is 12.4 Å². The zero-order valence-corrected chi connectivity index (χ0v) is 9.42. The number of methoxy groups -OCH3 is 1. The number of phenolic OH excluding ortho intramolecular Hbond substituents is 1. The predicted molar refractivity (Wildman–Crippen MR) is 62.2 cm³/mol. The number of hydrogen-bond donors (Lipinski definition) is 2. The molecule has 6 heteroatoms. The molecule has 0 aromatic heterocycles. The number of aromatic hydroxyl groups is 1. The average molecular weight is 238 g/mol. The van der Waals surface area contributed by atoms with Gasteiger partial charge in [0.2, 0.25) is 0 Å². The van der Waals surface area contributed by atoms with E-state index in [1.165, 1.54) is 12.1 Å². The number of hydrogen-bond acceptors (Lipinski definition) is 5. The largest absolute Gasteiger partial charge is 0.508 e. The predicted octanol–water partition coefficient (Wildman–Crippen LogP) is 1.89. The van der Waals surface area contributed by atoms with E-state index in [1.807, 2.05) is 0 Å². The lowest BCUT2D eigenvalue weighted by Gasteiger charge is -2.35. The minimum absolute atomic E-state index is 0.106. The van der Waals surface area contributed by atoms with E-state index in [0.29, 0.717) is 5.69 Å². The molecule has 2 rings (SSSR count). The molecule has 0 saturated heterocycles. The van der Waals surface area contributed by atoms with Crippen LogP contribution in [0.4, 0.5) is 11.4 Å². The number of anilines is 1. The number of nitrogens with zero attached hydrogens (tertiary/aromatic N) is 1. The lowest BCUT2D eigenvalue weighted by molar-refractivity contribution is -0.384. The monoisotopic (exact) mass is 238 g/mol. The lowest BCUT2D eigenvalue weighted by atomic mass is 9.89. The maximum absolute atomic E-state index is 10.8. The van der Waals surface area contributed by atoms with Gasteiger partial charge in [0.1, 0.15) is 11.4 Å². The van der Waals surface area contributed by atoms with Crippen LogP contribution in [0, 0.1) is 10.1 Å². The summed E-state index contributed by atoms with van der Waals surface area (Å²) >= 11 is 0. The average Bonchev–Trinajstić information content (AvgIpc) is 2.24. The molecule has 0 bridgehead atoms. The van der Waals surface area contributed by atoms with E-state index in [4.69, 9.17) is 4.74 Å². The molecule has 0 atom stereocenters. The van der Waals surface area contributed by atoms with Crippen molar-refractivity contribution in [2.24, 2.45) is 0 Å². The molecule has 0 amide bonds. The minimum atomic E-state index is -0.505. The second-order valence-corrected chi connectivity index (χ2v) is 4.13. The van der Waals surface area contributed by atoms with Crippen LogP contribution in [0.25, 0.3) is 0 Å². The van der Waals surface area contributed by atoms with E-state index in [9.17, 15) is 15.2 Å². The van der Waals surface area contributed by atoms with Gasteiger partial charge in [-0.3, -0.25) is 10.1 Å². The standard InChI is InChI=1S/C11H14N2O4/c1-17-9-4-7(5-9)12-10-3-2-8(14)6-11(10)13(15)16/h2-3,6-7,9,12,14H,4-5H2,1H3. The molecular weight excluding hydrogens is 224 g/mol. The third-order valence-corrected chi connectivity index (χ3v) is 2.97. The fraction of sp³-hybridized carbons (Fsp3) is 0.455. The first-order chi connectivity index (χ1) is 8.10. The van der Waals surface area contributed by atoms with E-state index in [2.05, 4.69) is 5.32 Å². The summed E-state index contributed by atoms with van der Waals surface area (Å²) in [6.07, 6.45) is 1.92. The highest BCUT2D eigenvalue weighted by atomic mass is 16.6. The van der Waals surface area contributed by atoms with Crippen molar-refractivity contribution in [3.8, 4) is 5.75 Å². The quantitative estimate of drug-likeness (QED) is 0.475. The number of phenols is 1. The van der Waals surface area contributed by atoms with Crippen LogP contribution in [0.3, 0.4) is 0 Å². The number of nitrogens with one attached hydrogen (secondary N) is 1. The summed E-state index contributed by atoms with van der Waals surface area (Å²) in [6.45, 7) is 0. The molecule has 1 aliphatic carbocycles. The van der Waals surface area contributed by atoms with Crippen molar-refractivity contribution >= 4 is 11.4 Å². The molecule has 17 heavy (non-hydrogen) atoms. The van der Waals surface area contributed by atoms with Crippen molar-refractivity contribution < 1.29 is 14.8 Å². The highest BCUT2D eigenvalue weighted by molar-refractivity contribution is 5.64. The summed E-state index contributed by atoms with van der Waals surface area (Å²) in [4.78, 5) is 10.3. The summed E-state index contributed by atoms with van der Waals surface area (Å²) in [7, 11) is 1.66. The van der Waals surface area contributed by atoms with Crippen LogP contribution in [0.5, 0.6) is 5.75 Å². The molecule has 6 nitrogen and oxygen atoms in total. The van der Waals surface area contributed by atoms with Crippen LogP contribution in [-0.2, 0) is 4.74 Å². The van der Waals surface area contributed by atoms with E-state index in [-0.39, 0.29) is 23.6 Å². The Morgan fingerprint density at radius 2 is 2.24 bits per heavy atom. The Hall–Kier alpha value is -1.82. The Labute approximate surface area is 98.4 Å². The van der Waals surface area contributed by atoms with Gasteiger partial charge in [-0.25, -0.2) is 0 Å². The maximum Gasteiger partial charge on any atom is 0.296 e. The number of benzene rings is 1. The number of rotatable bonds is 4. The summed E-state index contributed by atoms with van der Waals surface area (Å²) in [5.41, 5.74) is 0.332. The Balaban J connectivity index is 2.08. The molecule has 0 aliphatic heterocycles. The lowest BCUT2D eigenvalue weighted by Crippen LogP contribution is -2.40. The maximum atomic E-state index is 10.8. The van der Waals surface area contributed by atoms with Gasteiger partial charge in [-0.15, -0.1) is 0 Å². The van der Waals surface area contributed by atoms with Crippen molar-refractivity contribution in [1.82, 2.24) is 0 Å². The third kappa shape index (κ3) is 2.47. The van der Waals surface area contributed by atoms with E-state index < -0.39 is 4.92 Å². The van der Waals surface area contributed by atoms with Gasteiger partial charge in [0.15, 0.2) is 0 Å². The number of ether oxygens (including phenoxy) is 1. The number of nitro benzene ring substituents is 1. The molecule has 1 saturated carbocycles. The van der Waals surface area contributed by atoms with Crippen LogP contribution in [0.1, 0.15) is 12.8 Å². The summed E-state index contributed by atoms with van der Waals surface area (Å²) in [6, 6.07) is 4.30. The molecule has 1 aromatic rings. The van der Waals surface area contributed by atoms with Gasteiger partial charge in [-0.05, 0) is 25.0 Å². The highest BCUT2D eigenvalue weighted by Gasteiger charge is 2.30. The minimum Gasteiger partial charge on any atom is -0.508 e.